The predicted molar refractivity (Wildman–Crippen MR) is 70.4 cm³/mol. The van der Waals surface area contributed by atoms with E-state index < -0.39 is 12.1 Å². The number of carboxylic acid groups (broad SMARTS) is 1. The highest BCUT2D eigenvalue weighted by molar-refractivity contribution is 5.96. The quantitative estimate of drug-likeness (QED) is 0.888. The number of anilines is 1. The highest BCUT2D eigenvalue weighted by Crippen LogP contribution is 2.12. The van der Waals surface area contributed by atoms with Crippen LogP contribution in [0.4, 0.5) is 10.6 Å². The van der Waals surface area contributed by atoms with Crippen LogP contribution < -0.4 is 5.32 Å². The average Bonchev–Trinajstić information content (AvgIpc) is 2.78. The summed E-state index contributed by atoms with van der Waals surface area (Å²) in [6.07, 6.45) is 0.547. The molecule has 20 heavy (non-hydrogen) atoms. The molecule has 7 heteroatoms. The van der Waals surface area contributed by atoms with Crippen LogP contribution in [-0.4, -0.2) is 26.7 Å². The van der Waals surface area contributed by atoms with Crippen LogP contribution in [0.15, 0.2) is 36.7 Å². The first kappa shape index (κ1) is 13.6. The molecule has 0 atom stereocenters. The van der Waals surface area contributed by atoms with Crippen molar-refractivity contribution in [2.45, 2.75) is 6.61 Å². The molecule has 0 saturated heterocycles. The van der Waals surface area contributed by atoms with E-state index in [1.54, 1.807) is 0 Å². The van der Waals surface area contributed by atoms with E-state index in [4.69, 9.17) is 9.84 Å². The Bertz CT molecular complexity index is 622. The molecule has 0 unspecified atom stereocenters. The van der Waals surface area contributed by atoms with E-state index in [2.05, 4.69) is 10.3 Å². The van der Waals surface area contributed by atoms with Gasteiger partial charge in [-0.3, -0.25) is 5.32 Å². The van der Waals surface area contributed by atoms with E-state index in [0.29, 0.717) is 0 Å². The molecule has 0 bridgehead atoms. The van der Waals surface area contributed by atoms with Crippen molar-refractivity contribution in [3.63, 3.8) is 0 Å². The van der Waals surface area contributed by atoms with E-state index in [1.807, 2.05) is 30.3 Å². The summed E-state index contributed by atoms with van der Waals surface area (Å²) in [6, 6.07) is 9.15. The van der Waals surface area contributed by atoms with Crippen LogP contribution in [0.5, 0.6) is 0 Å². The van der Waals surface area contributed by atoms with Gasteiger partial charge in [0.15, 0.2) is 11.5 Å². The lowest BCUT2D eigenvalue weighted by Crippen LogP contribution is -2.17. The van der Waals surface area contributed by atoms with Crippen LogP contribution >= 0.6 is 0 Å². The Labute approximate surface area is 114 Å². The average molecular weight is 275 g/mol. The second-order valence-electron chi connectivity index (χ2n) is 4.04. The Hall–Kier alpha value is -2.83. The normalized spacial score (nSPS) is 10.1. The third-order valence-electron chi connectivity index (χ3n) is 2.57. The molecule has 104 valence electrons. The van der Waals surface area contributed by atoms with Gasteiger partial charge in [-0.1, -0.05) is 30.3 Å². The zero-order valence-corrected chi connectivity index (χ0v) is 10.7. The van der Waals surface area contributed by atoms with Gasteiger partial charge in [0.25, 0.3) is 0 Å². The van der Waals surface area contributed by atoms with Crippen molar-refractivity contribution in [1.29, 1.82) is 0 Å². The lowest BCUT2D eigenvalue weighted by atomic mass is 10.2. The maximum atomic E-state index is 11.6. The molecule has 1 aromatic heterocycles. The minimum Gasteiger partial charge on any atom is -0.476 e. The van der Waals surface area contributed by atoms with E-state index in [0.717, 1.165) is 5.56 Å². The first-order valence-electron chi connectivity index (χ1n) is 5.80. The Morgan fingerprint density at radius 1 is 1.35 bits per heavy atom. The van der Waals surface area contributed by atoms with Crippen molar-refractivity contribution in [2.75, 3.05) is 5.32 Å². The zero-order chi connectivity index (χ0) is 14.5. The highest BCUT2D eigenvalue weighted by Gasteiger charge is 2.18. The number of amides is 1. The maximum Gasteiger partial charge on any atom is 0.413 e. The minimum atomic E-state index is -1.18. The Balaban J connectivity index is 1.97. The largest absolute Gasteiger partial charge is 0.476 e. The van der Waals surface area contributed by atoms with Crippen LogP contribution in [0.25, 0.3) is 0 Å². The zero-order valence-electron chi connectivity index (χ0n) is 10.7. The number of nitrogens with one attached hydrogen (secondary N) is 1. The number of carboxylic acids is 1. The molecule has 1 amide bonds. The van der Waals surface area contributed by atoms with Gasteiger partial charge >= 0.3 is 12.1 Å². The lowest BCUT2D eigenvalue weighted by molar-refractivity contribution is 0.0687. The van der Waals surface area contributed by atoms with E-state index in [9.17, 15) is 9.59 Å². The number of hydrogen-bond acceptors (Lipinski definition) is 4. The van der Waals surface area contributed by atoms with Crippen molar-refractivity contribution in [1.82, 2.24) is 9.55 Å². The summed E-state index contributed by atoms with van der Waals surface area (Å²) < 4.78 is 6.28. The third-order valence-corrected chi connectivity index (χ3v) is 2.57. The predicted octanol–water partition coefficient (Wildman–Crippen LogP) is 1.87. The summed E-state index contributed by atoms with van der Waals surface area (Å²) in [5.41, 5.74) is 0.726. The van der Waals surface area contributed by atoms with Crippen molar-refractivity contribution >= 4 is 17.9 Å². The van der Waals surface area contributed by atoms with Gasteiger partial charge in [-0.05, 0) is 5.56 Å². The molecule has 2 N–H and O–H groups in total. The number of aromatic nitrogens is 2. The van der Waals surface area contributed by atoms with Crippen molar-refractivity contribution in [2.24, 2.45) is 7.05 Å². The van der Waals surface area contributed by atoms with Crippen molar-refractivity contribution < 1.29 is 19.4 Å². The van der Waals surface area contributed by atoms with Crippen LogP contribution in [-0.2, 0) is 18.4 Å². The van der Waals surface area contributed by atoms with Crippen LogP contribution in [0.1, 0.15) is 16.1 Å². The number of nitrogens with zero attached hydrogens (tertiary/aromatic N) is 2. The van der Waals surface area contributed by atoms with E-state index in [-0.39, 0.29) is 18.1 Å². The summed E-state index contributed by atoms with van der Waals surface area (Å²) in [5.74, 6) is -1.22. The number of carbonyl (C=O) groups excluding carboxylic acids is 1. The fourth-order valence-electron chi connectivity index (χ4n) is 1.63. The fraction of sp³-hybridized carbons (Fsp3) is 0.154. The molecular weight excluding hydrogens is 262 g/mol. The number of aromatic carboxylic acids is 1. The molecule has 0 aliphatic heterocycles. The molecule has 2 aromatic rings. The molecule has 0 aliphatic carbocycles. The summed E-state index contributed by atoms with van der Waals surface area (Å²) >= 11 is 0. The molecule has 0 radical (unpaired) electrons. The molecule has 2 rings (SSSR count). The number of rotatable bonds is 4. The number of aryl methyl sites for hydroxylation is 1. The van der Waals surface area contributed by atoms with Gasteiger partial charge in [-0.25, -0.2) is 14.6 Å². The van der Waals surface area contributed by atoms with Gasteiger partial charge in [0.2, 0.25) is 0 Å². The molecular formula is C13H13N3O4. The second kappa shape index (κ2) is 5.87. The van der Waals surface area contributed by atoms with Gasteiger partial charge in [0.1, 0.15) is 6.61 Å². The van der Waals surface area contributed by atoms with Gasteiger partial charge in [0, 0.05) is 7.05 Å². The minimum absolute atomic E-state index is 0.0435. The van der Waals surface area contributed by atoms with Gasteiger partial charge in [-0.2, -0.15) is 0 Å². The highest BCUT2D eigenvalue weighted by atomic mass is 16.5. The maximum absolute atomic E-state index is 11.6. The molecule has 0 fully saturated rings. The van der Waals surface area contributed by atoms with Crippen LogP contribution in [0.2, 0.25) is 0 Å². The van der Waals surface area contributed by atoms with Crippen LogP contribution in [0.3, 0.4) is 0 Å². The summed E-state index contributed by atoms with van der Waals surface area (Å²) in [5, 5.41) is 11.3. The number of ether oxygens (including phenoxy) is 1. The first-order chi connectivity index (χ1) is 9.58. The Morgan fingerprint density at radius 3 is 2.70 bits per heavy atom. The number of hydrogen-bond donors (Lipinski definition) is 2. The SMILES string of the molecule is Cn1cnc(NC(=O)OCc2ccccc2)c1C(=O)O. The Kier molecular flexibility index (Phi) is 3.99. The smallest absolute Gasteiger partial charge is 0.413 e. The van der Waals surface area contributed by atoms with Gasteiger partial charge < -0.3 is 14.4 Å². The molecule has 0 aliphatic rings. The summed E-state index contributed by atoms with van der Waals surface area (Å²) in [7, 11) is 1.52. The van der Waals surface area contributed by atoms with Crippen molar-refractivity contribution in [3.8, 4) is 0 Å². The van der Waals surface area contributed by atoms with E-state index >= 15 is 0 Å². The second-order valence-corrected chi connectivity index (χ2v) is 4.04. The molecule has 0 saturated carbocycles. The van der Waals surface area contributed by atoms with Crippen LogP contribution in [0, 0.1) is 0 Å². The number of carbonyl (C=O) groups is 2. The lowest BCUT2D eigenvalue weighted by Gasteiger charge is -2.06. The third kappa shape index (κ3) is 3.14. The molecule has 1 heterocycles. The monoisotopic (exact) mass is 275 g/mol. The standard InChI is InChI=1S/C13H13N3O4/c1-16-8-14-11(10(16)12(17)18)15-13(19)20-7-9-5-3-2-4-6-9/h2-6,8H,7H2,1H3,(H,15,19)(H,17,18). The van der Waals surface area contributed by atoms with Gasteiger partial charge in [-0.15, -0.1) is 0 Å². The molecule has 0 spiro atoms. The first-order valence-corrected chi connectivity index (χ1v) is 5.80. The topological polar surface area (TPSA) is 93.5 Å². The van der Waals surface area contributed by atoms with E-state index in [1.165, 1.54) is 17.9 Å². The van der Waals surface area contributed by atoms with Gasteiger partial charge in [0.05, 0.1) is 6.33 Å². The summed E-state index contributed by atoms with van der Waals surface area (Å²) in [4.78, 5) is 26.4. The Morgan fingerprint density at radius 2 is 2.05 bits per heavy atom. The number of benzene rings is 1. The summed E-state index contributed by atoms with van der Waals surface area (Å²) in [6.45, 7) is 0.0991. The molecule has 7 nitrogen and oxygen atoms in total. The fourth-order valence-corrected chi connectivity index (χ4v) is 1.63. The van der Waals surface area contributed by atoms with Crippen molar-refractivity contribution in [3.05, 3.63) is 47.9 Å². The number of imidazole rings is 1. The molecule has 1 aromatic carbocycles.